The van der Waals surface area contributed by atoms with E-state index in [2.05, 4.69) is 26.1 Å². The van der Waals surface area contributed by atoms with Crippen molar-refractivity contribution in [1.82, 2.24) is 10.2 Å². The molecule has 2 aliphatic rings. The van der Waals surface area contributed by atoms with Gasteiger partial charge in [0, 0.05) is 26.6 Å². The Morgan fingerprint density at radius 1 is 1.35 bits per heavy atom. The van der Waals surface area contributed by atoms with Crippen LogP contribution in [-0.2, 0) is 14.3 Å². The van der Waals surface area contributed by atoms with Crippen molar-refractivity contribution in [2.24, 2.45) is 17.3 Å². The van der Waals surface area contributed by atoms with Gasteiger partial charge in [0.2, 0.25) is 11.8 Å². The molecule has 0 aromatic carbocycles. The van der Waals surface area contributed by atoms with Gasteiger partial charge in [-0.2, -0.15) is 0 Å². The average molecular weight is 324 g/mol. The minimum atomic E-state index is -0.273. The number of nitrogens with zero attached hydrogens (tertiary/aromatic N) is 1. The van der Waals surface area contributed by atoms with Crippen LogP contribution in [0.15, 0.2) is 0 Å². The molecule has 0 aromatic rings. The van der Waals surface area contributed by atoms with E-state index in [1.807, 2.05) is 25.8 Å². The first-order chi connectivity index (χ1) is 10.5. The van der Waals surface area contributed by atoms with Crippen molar-refractivity contribution in [2.75, 3.05) is 20.1 Å². The zero-order valence-corrected chi connectivity index (χ0v) is 15.4. The van der Waals surface area contributed by atoms with E-state index in [4.69, 9.17) is 4.74 Å². The topological polar surface area (TPSA) is 58.6 Å². The molecular weight excluding hydrogens is 292 g/mol. The van der Waals surface area contributed by atoms with Gasteiger partial charge in [0.15, 0.2) is 0 Å². The van der Waals surface area contributed by atoms with E-state index in [-0.39, 0.29) is 28.7 Å². The minimum absolute atomic E-state index is 0.0443. The Bertz CT molecular complexity index is 461. The van der Waals surface area contributed by atoms with Crippen LogP contribution >= 0.6 is 0 Å². The molecule has 1 aliphatic carbocycles. The lowest BCUT2D eigenvalue weighted by Gasteiger charge is -2.43. The second kappa shape index (κ2) is 6.42. The zero-order chi connectivity index (χ0) is 17.4. The van der Waals surface area contributed by atoms with Crippen molar-refractivity contribution >= 4 is 11.8 Å². The maximum absolute atomic E-state index is 12.7. The number of hydrogen-bond acceptors (Lipinski definition) is 3. The van der Waals surface area contributed by atoms with Crippen LogP contribution in [0.25, 0.3) is 0 Å². The molecule has 0 spiro atoms. The van der Waals surface area contributed by atoms with E-state index in [9.17, 15) is 9.59 Å². The summed E-state index contributed by atoms with van der Waals surface area (Å²) in [5.74, 6) is 0.586. The van der Waals surface area contributed by atoms with Gasteiger partial charge in [-0.15, -0.1) is 0 Å². The third-order valence-corrected chi connectivity index (χ3v) is 4.98. The van der Waals surface area contributed by atoms with E-state index in [1.165, 1.54) is 0 Å². The summed E-state index contributed by atoms with van der Waals surface area (Å²) in [7, 11) is 1.88. The fraction of sp³-hybridized carbons (Fsp3) is 0.889. The number of carbonyl (C=O) groups is 2. The van der Waals surface area contributed by atoms with Gasteiger partial charge in [0.05, 0.1) is 17.6 Å². The van der Waals surface area contributed by atoms with Crippen LogP contribution in [0, 0.1) is 17.3 Å². The molecule has 1 aliphatic heterocycles. The first kappa shape index (κ1) is 18.2. The van der Waals surface area contributed by atoms with Gasteiger partial charge < -0.3 is 15.0 Å². The monoisotopic (exact) mass is 324 g/mol. The van der Waals surface area contributed by atoms with Gasteiger partial charge in [-0.05, 0) is 44.9 Å². The molecule has 1 saturated heterocycles. The molecule has 2 fully saturated rings. The Morgan fingerprint density at radius 3 is 2.48 bits per heavy atom. The predicted octanol–water partition coefficient (Wildman–Crippen LogP) is 2.20. The number of carbonyl (C=O) groups excluding carboxylic acids is 2. The molecule has 1 N–H and O–H groups in total. The maximum Gasteiger partial charge on any atom is 0.227 e. The fourth-order valence-corrected chi connectivity index (χ4v) is 3.68. The third kappa shape index (κ3) is 4.69. The zero-order valence-electron chi connectivity index (χ0n) is 15.4. The number of hydrogen-bond donors (Lipinski definition) is 1. The van der Waals surface area contributed by atoms with Crippen LogP contribution in [0.3, 0.4) is 0 Å². The molecule has 23 heavy (non-hydrogen) atoms. The first-order valence-electron chi connectivity index (χ1n) is 8.67. The Hall–Kier alpha value is -1.10. The van der Waals surface area contributed by atoms with Crippen molar-refractivity contribution < 1.29 is 14.3 Å². The van der Waals surface area contributed by atoms with Gasteiger partial charge in [0.1, 0.15) is 0 Å². The van der Waals surface area contributed by atoms with Gasteiger partial charge in [-0.25, -0.2) is 0 Å². The minimum Gasteiger partial charge on any atom is -0.373 e. The maximum atomic E-state index is 12.7. The predicted molar refractivity (Wildman–Crippen MR) is 89.9 cm³/mol. The summed E-state index contributed by atoms with van der Waals surface area (Å²) in [5.41, 5.74) is -0.368. The lowest BCUT2D eigenvalue weighted by atomic mass is 9.72. The smallest absolute Gasteiger partial charge is 0.227 e. The van der Waals surface area contributed by atoms with Gasteiger partial charge in [-0.3, -0.25) is 9.59 Å². The highest BCUT2D eigenvalue weighted by molar-refractivity contribution is 5.85. The highest BCUT2D eigenvalue weighted by Crippen LogP contribution is 2.36. The molecule has 5 heteroatoms. The van der Waals surface area contributed by atoms with Crippen LogP contribution < -0.4 is 5.32 Å². The Kier molecular flexibility index (Phi) is 5.09. The van der Waals surface area contributed by atoms with Gasteiger partial charge >= 0.3 is 0 Å². The molecule has 0 bridgehead atoms. The summed E-state index contributed by atoms with van der Waals surface area (Å²) in [4.78, 5) is 26.1. The normalized spacial score (nSPS) is 30.3. The first-order valence-corrected chi connectivity index (χ1v) is 8.67. The molecule has 132 valence electrons. The standard InChI is InChI=1S/C18H32N2O3/c1-17(2,3)23-13-7-12(8-13)11-20(6)16(22)14-10-19-15(21)9-18(14,4)5/h12-14H,7-11H2,1-6H3,(H,19,21). The highest BCUT2D eigenvalue weighted by atomic mass is 16.5. The number of amides is 2. The van der Waals surface area contributed by atoms with E-state index in [1.54, 1.807) is 0 Å². The van der Waals surface area contributed by atoms with Crippen LogP contribution in [0.5, 0.6) is 0 Å². The van der Waals surface area contributed by atoms with Gasteiger partial charge in [-0.1, -0.05) is 13.8 Å². The summed E-state index contributed by atoms with van der Waals surface area (Å²) >= 11 is 0. The van der Waals surface area contributed by atoms with Crippen molar-refractivity contribution in [1.29, 1.82) is 0 Å². The average Bonchev–Trinajstić information content (AvgIpc) is 2.32. The molecule has 0 radical (unpaired) electrons. The van der Waals surface area contributed by atoms with Crippen LogP contribution in [-0.4, -0.2) is 48.6 Å². The van der Waals surface area contributed by atoms with Crippen molar-refractivity contribution in [3.05, 3.63) is 0 Å². The summed E-state index contributed by atoms with van der Waals surface area (Å²) in [6.45, 7) is 11.5. The summed E-state index contributed by atoms with van der Waals surface area (Å²) in [5, 5.41) is 2.83. The Labute approximate surface area is 140 Å². The quantitative estimate of drug-likeness (QED) is 0.862. The SMILES string of the molecule is CN(CC1CC(OC(C)(C)C)C1)C(=O)C1CNC(=O)CC1(C)C. The van der Waals surface area contributed by atoms with E-state index >= 15 is 0 Å². The molecule has 2 rings (SSSR count). The largest absolute Gasteiger partial charge is 0.373 e. The summed E-state index contributed by atoms with van der Waals surface area (Å²) < 4.78 is 5.96. The second-order valence-electron chi connectivity index (χ2n) is 8.93. The van der Waals surface area contributed by atoms with Crippen molar-refractivity contribution in [3.8, 4) is 0 Å². The lowest BCUT2D eigenvalue weighted by Crippen LogP contribution is -2.53. The molecule has 2 amide bonds. The number of ether oxygens (including phenoxy) is 1. The van der Waals surface area contributed by atoms with Crippen LogP contribution in [0.2, 0.25) is 0 Å². The highest BCUT2D eigenvalue weighted by Gasteiger charge is 2.42. The Morgan fingerprint density at radius 2 is 1.96 bits per heavy atom. The molecule has 1 atom stereocenters. The van der Waals surface area contributed by atoms with E-state index in [0.29, 0.717) is 25.0 Å². The molecule has 0 aromatic heterocycles. The summed E-state index contributed by atoms with van der Waals surface area (Å²) in [6.07, 6.45) is 2.80. The molecule has 5 nitrogen and oxygen atoms in total. The third-order valence-electron chi connectivity index (χ3n) is 4.98. The van der Waals surface area contributed by atoms with Crippen molar-refractivity contribution in [2.45, 2.75) is 65.6 Å². The lowest BCUT2D eigenvalue weighted by molar-refractivity contribution is -0.146. The second-order valence-corrected chi connectivity index (χ2v) is 8.93. The number of piperidine rings is 1. The molecule has 1 heterocycles. The fourth-order valence-electron chi connectivity index (χ4n) is 3.68. The summed E-state index contributed by atoms with van der Waals surface area (Å²) in [6, 6.07) is 0. The molecular formula is C18H32N2O3. The van der Waals surface area contributed by atoms with Crippen LogP contribution in [0.4, 0.5) is 0 Å². The Balaban J connectivity index is 1.81. The van der Waals surface area contributed by atoms with E-state index in [0.717, 1.165) is 19.4 Å². The van der Waals surface area contributed by atoms with Gasteiger partial charge in [0.25, 0.3) is 0 Å². The molecule has 1 saturated carbocycles. The van der Waals surface area contributed by atoms with E-state index < -0.39 is 0 Å². The van der Waals surface area contributed by atoms with Crippen LogP contribution in [0.1, 0.15) is 53.9 Å². The van der Waals surface area contributed by atoms with Crippen molar-refractivity contribution in [3.63, 3.8) is 0 Å². The molecule has 1 unspecified atom stereocenters. The number of nitrogens with one attached hydrogen (secondary N) is 1. The number of rotatable bonds is 4.